The van der Waals surface area contributed by atoms with Crippen molar-refractivity contribution >= 4 is 5.91 Å². The lowest BCUT2D eigenvalue weighted by atomic mass is 9.94. The van der Waals surface area contributed by atoms with Crippen LogP contribution in [0.5, 0.6) is 0 Å². The van der Waals surface area contributed by atoms with Crippen molar-refractivity contribution in [2.45, 2.75) is 50.4 Å². The van der Waals surface area contributed by atoms with E-state index in [0.29, 0.717) is 0 Å². The number of carbonyl (C=O) groups is 1. The highest BCUT2D eigenvalue weighted by molar-refractivity contribution is 5.84. The number of primary amides is 1. The van der Waals surface area contributed by atoms with E-state index in [-0.39, 0.29) is 0 Å². The Labute approximate surface area is 111 Å². The van der Waals surface area contributed by atoms with Gasteiger partial charge in [-0.15, -0.1) is 0 Å². The van der Waals surface area contributed by atoms with Gasteiger partial charge in [0.25, 0.3) is 0 Å². The summed E-state index contributed by atoms with van der Waals surface area (Å²) < 4.78 is 77.8. The van der Waals surface area contributed by atoms with Crippen molar-refractivity contribution in [3.63, 3.8) is 0 Å². The zero-order valence-electron chi connectivity index (χ0n) is 11.0. The lowest BCUT2D eigenvalue weighted by Crippen LogP contribution is -2.54. The highest BCUT2D eigenvalue weighted by Gasteiger charge is 2.58. The molecule has 2 atom stereocenters. The number of nitrogens with two attached hydrogens (primary N) is 1. The number of hydrogen-bond acceptors (Lipinski definition) is 3. The van der Waals surface area contributed by atoms with E-state index in [1.807, 2.05) is 0 Å². The van der Waals surface area contributed by atoms with Crippen LogP contribution in [0.3, 0.4) is 0 Å². The minimum absolute atomic E-state index is 0.443. The van der Waals surface area contributed by atoms with E-state index < -0.39 is 42.4 Å². The number of nitrogens with one attached hydrogen (secondary N) is 1. The van der Waals surface area contributed by atoms with Gasteiger partial charge in [0.15, 0.2) is 0 Å². The summed E-state index contributed by atoms with van der Waals surface area (Å²) in [5.41, 5.74) is 3.56. The van der Waals surface area contributed by atoms with E-state index in [1.54, 1.807) is 0 Å². The Morgan fingerprint density at radius 3 is 1.85 bits per heavy atom. The number of alkyl halides is 6. The number of ether oxygens (including phenoxy) is 1. The molecule has 120 valence electrons. The Morgan fingerprint density at radius 1 is 1.20 bits per heavy atom. The Bertz CT molecular complexity index is 330. The molecule has 0 aliphatic heterocycles. The lowest BCUT2D eigenvalue weighted by Gasteiger charge is -2.31. The molecular formula is C10H16F6N2O2. The van der Waals surface area contributed by atoms with Crippen LogP contribution < -0.4 is 11.1 Å². The summed E-state index contributed by atoms with van der Waals surface area (Å²) in [5.74, 6) is -0.911. The molecule has 0 heterocycles. The zero-order valence-corrected chi connectivity index (χ0v) is 11.0. The fraction of sp³-hybridized carbons (Fsp3) is 0.900. The molecule has 0 radical (unpaired) electrons. The van der Waals surface area contributed by atoms with Gasteiger partial charge in [0, 0.05) is 6.42 Å². The van der Waals surface area contributed by atoms with Crippen molar-refractivity contribution in [2.75, 3.05) is 7.05 Å². The first kappa shape index (κ1) is 19.0. The molecule has 0 rings (SSSR count). The molecule has 0 aliphatic carbocycles. The second-order valence-corrected chi connectivity index (χ2v) is 4.56. The summed E-state index contributed by atoms with van der Waals surface area (Å²) in [6, 6.07) is 0. The van der Waals surface area contributed by atoms with E-state index in [0.717, 1.165) is 6.92 Å². The molecule has 2 unspecified atom stereocenters. The van der Waals surface area contributed by atoms with E-state index in [2.05, 4.69) is 10.1 Å². The summed E-state index contributed by atoms with van der Waals surface area (Å²) >= 11 is 0. The number of amides is 1. The Hall–Kier alpha value is -1.03. The van der Waals surface area contributed by atoms with Crippen LogP contribution >= 0.6 is 0 Å². The number of carbonyl (C=O) groups excluding carboxylic acids is 1. The molecule has 0 bridgehead atoms. The summed E-state index contributed by atoms with van der Waals surface area (Å²) in [5, 5.41) is 2.44. The normalized spacial score (nSPS) is 17.9. The first-order chi connectivity index (χ1) is 8.74. The third kappa shape index (κ3) is 5.16. The van der Waals surface area contributed by atoms with E-state index in [9.17, 15) is 31.1 Å². The molecule has 3 N–H and O–H groups in total. The van der Waals surface area contributed by atoms with Gasteiger partial charge in [0.1, 0.15) is 0 Å². The summed E-state index contributed by atoms with van der Waals surface area (Å²) in [4.78, 5) is 11.1. The maximum Gasteiger partial charge on any atom is 0.423 e. The molecule has 0 aromatic carbocycles. The summed E-state index contributed by atoms with van der Waals surface area (Å²) in [6.07, 6.45) is -17.0. The van der Waals surface area contributed by atoms with Crippen LogP contribution in [-0.4, -0.2) is 43.1 Å². The third-order valence-electron chi connectivity index (χ3n) is 2.75. The van der Waals surface area contributed by atoms with Crippen molar-refractivity contribution in [3.05, 3.63) is 0 Å². The second kappa shape index (κ2) is 6.17. The average molecular weight is 310 g/mol. The molecule has 0 spiro atoms. The minimum atomic E-state index is -5.59. The highest BCUT2D eigenvalue weighted by Crippen LogP contribution is 2.37. The maximum absolute atomic E-state index is 12.3. The SMILES string of the molecule is CNC(C)(CC(C)OC(C(F)(F)F)C(F)(F)F)C(N)=O. The minimum Gasteiger partial charge on any atom is -0.368 e. The number of hydrogen-bond donors (Lipinski definition) is 2. The van der Waals surface area contributed by atoms with Crippen molar-refractivity contribution < 1.29 is 35.9 Å². The Kier molecular flexibility index (Phi) is 5.85. The molecule has 10 heteroatoms. The van der Waals surface area contributed by atoms with Gasteiger partial charge < -0.3 is 15.8 Å². The number of halogens is 6. The monoisotopic (exact) mass is 310 g/mol. The van der Waals surface area contributed by atoms with Crippen LogP contribution in [0.25, 0.3) is 0 Å². The molecule has 4 nitrogen and oxygen atoms in total. The predicted octanol–water partition coefficient (Wildman–Crippen LogP) is 1.74. The first-order valence-corrected chi connectivity index (χ1v) is 5.51. The van der Waals surface area contributed by atoms with Crippen LogP contribution in [0, 0.1) is 0 Å². The van der Waals surface area contributed by atoms with Gasteiger partial charge in [-0.2, -0.15) is 26.3 Å². The van der Waals surface area contributed by atoms with Crippen molar-refractivity contribution in [3.8, 4) is 0 Å². The molecule has 0 saturated heterocycles. The molecular weight excluding hydrogens is 294 g/mol. The van der Waals surface area contributed by atoms with Gasteiger partial charge in [0.2, 0.25) is 12.0 Å². The molecule has 0 saturated carbocycles. The number of likely N-dealkylation sites (N-methyl/N-ethyl adjacent to an activating group) is 1. The van der Waals surface area contributed by atoms with Crippen molar-refractivity contribution in [2.24, 2.45) is 5.73 Å². The average Bonchev–Trinajstić information content (AvgIpc) is 2.22. The van der Waals surface area contributed by atoms with Gasteiger partial charge in [-0.1, -0.05) is 0 Å². The lowest BCUT2D eigenvalue weighted by molar-refractivity contribution is -0.330. The second-order valence-electron chi connectivity index (χ2n) is 4.56. The molecule has 0 aliphatic rings. The summed E-state index contributed by atoms with van der Waals surface area (Å²) in [7, 11) is 1.31. The van der Waals surface area contributed by atoms with Gasteiger partial charge >= 0.3 is 12.4 Å². The largest absolute Gasteiger partial charge is 0.423 e. The Morgan fingerprint density at radius 2 is 1.60 bits per heavy atom. The van der Waals surface area contributed by atoms with E-state index in [1.165, 1.54) is 14.0 Å². The predicted molar refractivity (Wildman–Crippen MR) is 57.7 cm³/mol. The standard InChI is InChI=1S/C10H16F6N2O2/c1-5(4-8(2,18-3)7(17)19)20-6(9(11,12)13)10(14,15)16/h5-6,18H,4H2,1-3H3,(H2,17,19). The topological polar surface area (TPSA) is 64.3 Å². The fourth-order valence-electron chi connectivity index (χ4n) is 1.52. The van der Waals surface area contributed by atoms with E-state index in [4.69, 9.17) is 5.73 Å². The smallest absolute Gasteiger partial charge is 0.368 e. The van der Waals surface area contributed by atoms with Crippen LogP contribution in [0.1, 0.15) is 20.3 Å². The van der Waals surface area contributed by atoms with Crippen LogP contribution in [0.15, 0.2) is 0 Å². The quantitative estimate of drug-likeness (QED) is 0.735. The molecule has 0 aromatic rings. The van der Waals surface area contributed by atoms with Gasteiger partial charge in [0.05, 0.1) is 11.6 Å². The van der Waals surface area contributed by atoms with Gasteiger partial charge in [-0.05, 0) is 20.9 Å². The Balaban J connectivity index is 4.96. The molecule has 1 amide bonds. The van der Waals surface area contributed by atoms with Crippen molar-refractivity contribution in [1.82, 2.24) is 5.32 Å². The van der Waals surface area contributed by atoms with Gasteiger partial charge in [-0.3, -0.25) is 4.79 Å². The molecule has 0 fully saturated rings. The van der Waals surface area contributed by atoms with Crippen LogP contribution in [0.4, 0.5) is 26.3 Å². The molecule has 0 aromatic heterocycles. The van der Waals surface area contributed by atoms with E-state index >= 15 is 0 Å². The summed E-state index contributed by atoms with van der Waals surface area (Å²) in [6.45, 7) is 2.26. The van der Waals surface area contributed by atoms with Crippen LogP contribution in [0.2, 0.25) is 0 Å². The van der Waals surface area contributed by atoms with Gasteiger partial charge in [-0.25, -0.2) is 0 Å². The number of rotatable bonds is 6. The fourth-order valence-corrected chi connectivity index (χ4v) is 1.52. The van der Waals surface area contributed by atoms with Crippen LogP contribution in [-0.2, 0) is 9.53 Å². The zero-order chi connectivity index (χ0) is 16.4. The first-order valence-electron chi connectivity index (χ1n) is 5.51. The van der Waals surface area contributed by atoms with Crippen molar-refractivity contribution in [1.29, 1.82) is 0 Å². The molecule has 20 heavy (non-hydrogen) atoms. The maximum atomic E-state index is 12.3. The third-order valence-corrected chi connectivity index (χ3v) is 2.75. The highest BCUT2D eigenvalue weighted by atomic mass is 19.4.